The zero-order chi connectivity index (χ0) is 22.0. The second-order valence-corrected chi connectivity index (χ2v) is 7.81. The Bertz CT molecular complexity index is 1140. The number of urea groups is 1. The normalized spacial score (nSPS) is 19.7. The topological polar surface area (TPSA) is 104 Å². The molecule has 1 unspecified atom stereocenters. The zero-order valence-corrected chi connectivity index (χ0v) is 17.1. The molecule has 1 saturated heterocycles. The Labute approximate surface area is 179 Å². The van der Waals surface area contributed by atoms with Crippen LogP contribution in [0.15, 0.2) is 52.8 Å². The maximum atomic E-state index is 12.7. The number of ether oxygens (including phenoxy) is 1. The van der Waals surface area contributed by atoms with Crippen LogP contribution in [0.3, 0.4) is 0 Å². The van der Waals surface area contributed by atoms with Crippen molar-refractivity contribution in [2.45, 2.75) is 18.9 Å². The van der Waals surface area contributed by atoms with Crippen molar-refractivity contribution in [3.8, 4) is 11.8 Å². The summed E-state index contributed by atoms with van der Waals surface area (Å²) in [6, 6.07) is 13.4. The van der Waals surface area contributed by atoms with Crippen molar-refractivity contribution in [2.24, 2.45) is 5.92 Å². The molecule has 2 atom stereocenters. The molecule has 8 nitrogen and oxygen atoms in total. The number of benzene rings is 1. The fraction of sp³-hybridized carbons (Fsp3) is 0.304. The van der Waals surface area contributed by atoms with Crippen molar-refractivity contribution in [3.63, 3.8) is 0 Å². The molecule has 0 saturated carbocycles. The smallest absolute Gasteiger partial charge is 0.324 e. The number of methoxy groups -OCH3 is 1. The van der Waals surface area contributed by atoms with Gasteiger partial charge in [-0.3, -0.25) is 14.9 Å². The number of nitriles is 1. The SMILES string of the molecule is COc1ccc(/C=C(/C#N)C(=O)NC(=O)N2CC3C[C@H](C2)c2cccc(=O)n2C3)cc1. The number of pyridine rings is 1. The summed E-state index contributed by atoms with van der Waals surface area (Å²) in [6.07, 6.45) is 2.33. The van der Waals surface area contributed by atoms with Crippen LogP contribution in [0, 0.1) is 17.2 Å². The van der Waals surface area contributed by atoms with Crippen LogP contribution >= 0.6 is 0 Å². The average molecular weight is 418 g/mol. The van der Waals surface area contributed by atoms with Crippen molar-refractivity contribution in [1.82, 2.24) is 14.8 Å². The molecule has 8 heteroatoms. The van der Waals surface area contributed by atoms with Gasteiger partial charge in [0.05, 0.1) is 7.11 Å². The Balaban J connectivity index is 1.45. The van der Waals surface area contributed by atoms with Gasteiger partial charge in [0.1, 0.15) is 17.4 Å². The number of aromatic nitrogens is 1. The number of piperidine rings is 1. The third-order valence-corrected chi connectivity index (χ3v) is 5.78. The van der Waals surface area contributed by atoms with Crippen molar-refractivity contribution >= 4 is 18.0 Å². The van der Waals surface area contributed by atoms with Gasteiger partial charge in [-0.1, -0.05) is 18.2 Å². The van der Waals surface area contributed by atoms with Gasteiger partial charge < -0.3 is 14.2 Å². The number of carbonyl (C=O) groups excluding carboxylic acids is 2. The lowest BCUT2D eigenvalue weighted by atomic mass is 9.83. The average Bonchev–Trinajstić information content (AvgIpc) is 2.78. The van der Waals surface area contributed by atoms with Crippen LogP contribution < -0.4 is 15.6 Å². The molecule has 2 bridgehead atoms. The molecule has 4 rings (SSSR count). The number of hydrogen-bond acceptors (Lipinski definition) is 5. The summed E-state index contributed by atoms with van der Waals surface area (Å²) in [5, 5.41) is 11.7. The highest BCUT2D eigenvalue weighted by Gasteiger charge is 2.36. The summed E-state index contributed by atoms with van der Waals surface area (Å²) in [5.41, 5.74) is 1.38. The third kappa shape index (κ3) is 4.21. The van der Waals surface area contributed by atoms with Crippen molar-refractivity contribution < 1.29 is 14.3 Å². The van der Waals surface area contributed by atoms with E-state index in [-0.39, 0.29) is 23.0 Å². The largest absolute Gasteiger partial charge is 0.497 e. The number of nitrogens with one attached hydrogen (secondary N) is 1. The molecule has 1 N–H and O–H groups in total. The molecule has 0 aliphatic carbocycles. The van der Waals surface area contributed by atoms with Crippen molar-refractivity contribution in [3.05, 3.63) is 69.6 Å². The van der Waals surface area contributed by atoms with Crippen LogP contribution in [0.25, 0.3) is 6.08 Å². The minimum Gasteiger partial charge on any atom is -0.497 e. The molecule has 158 valence electrons. The molecular formula is C23H22N4O4. The molecule has 1 aromatic heterocycles. The van der Waals surface area contributed by atoms with Crippen LogP contribution in [0.2, 0.25) is 0 Å². The van der Waals surface area contributed by atoms with Gasteiger partial charge in [-0.2, -0.15) is 5.26 Å². The molecule has 0 spiro atoms. The lowest BCUT2D eigenvalue weighted by Gasteiger charge is -2.42. The minimum absolute atomic E-state index is 0.0254. The lowest BCUT2D eigenvalue weighted by molar-refractivity contribution is -0.116. The Hall–Kier alpha value is -3.86. The maximum absolute atomic E-state index is 12.7. The van der Waals surface area contributed by atoms with Crippen molar-refractivity contribution in [2.75, 3.05) is 20.2 Å². The molecule has 2 aliphatic rings. The summed E-state index contributed by atoms with van der Waals surface area (Å²) in [7, 11) is 1.55. The number of rotatable bonds is 3. The summed E-state index contributed by atoms with van der Waals surface area (Å²) in [5.74, 6) is 0.121. The van der Waals surface area contributed by atoms with E-state index >= 15 is 0 Å². The van der Waals surface area contributed by atoms with Gasteiger partial charge in [0, 0.05) is 37.3 Å². The van der Waals surface area contributed by atoms with Gasteiger partial charge in [0.25, 0.3) is 11.5 Å². The number of likely N-dealkylation sites (tertiary alicyclic amines) is 1. The predicted octanol–water partition coefficient (Wildman–Crippen LogP) is 2.12. The van der Waals surface area contributed by atoms with Gasteiger partial charge in [0.2, 0.25) is 0 Å². The second-order valence-electron chi connectivity index (χ2n) is 7.81. The molecule has 2 aromatic rings. The first-order valence-electron chi connectivity index (χ1n) is 10.0. The van der Waals surface area contributed by atoms with E-state index in [2.05, 4.69) is 5.32 Å². The summed E-state index contributed by atoms with van der Waals surface area (Å²) in [6.45, 7) is 1.44. The molecule has 31 heavy (non-hydrogen) atoms. The van der Waals surface area contributed by atoms with E-state index in [0.29, 0.717) is 30.9 Å². The molecular weight excluding hydrogens is 396 g/mol. The van der Waals surface area contributed by atoms with Crippen LogP contribution in [0.4, 0.5) is 4.79 Å². The van der Waals surface area contributed by atoms with Crippen LogP contribution in [0.1, 0.15) is 23.6 Å². The minimum atomic E-state index is -0.740. The number of amides is 3. The number of hydrogen-bond donors (Lipinski definition) is 1. The van der Waals surface area contributed by atoms with E-state index < -0.39 is 11.9 Å². The first-order valence-corrected chi connectivity index (χ1v) is 10.0. The first-order chi connectivity index (χ1) is 15.0. The molecule has 1 aromatic carbocycles. The Morgan fingerprint density at radius 3 is 2.65 bits per heavy atom. The van der Waals surface area contributed by atoms with Crippen molar-refractivity contribution in [1.29, 1.82) is 5.26 Å². The zero-order valence-electron chi connectivity index (χ0n) is 17.1. The van der Waals surface area contributed by atoms with Gasteiger partial charge in [-0.05, 0) is 42.2 Å². The molecule has 3 heterocycles. The van der Waals surface area contributed by atoms with Gasteiger partial charge >= 0.3 is 6.03 Å². The highest BCUT2D eigenvalue weighted by atomic mass is 16.5. The van der Waals surface area contributed by atoms with Crippen LogP contribution in [-0.2, 0) is 11.3 Å². The monoisotopic (exact) mass is 418 g/mol. The fourth-order valence-electron chi connectivity index (χ4n) is 4.32. The molecule has 1 fully saturated rings. The van der Waals surface area contributed by atoms with E-state index in [1.165, 1.54) is 6.08 Å². The Kier molecular flexibility index (Phi) is 5.58. The van der Waals surface area contributed by atoms with E-state index in [0.717, 1.165) is 12.1 Å². The van der Waals surface area contributed by atoms with Crippen LogP contribution in [-0.4, -0.2) is 41.6 Å². The summed E-state index contributed by atoms with van der Waals surface area (Å²) < 4.78 is 6.88. The highest BCUT2D eigenvalue weighted by molar-refractivity contribution is 6.08. The van der Waals surface area contributed by atoms with E-state index in [1.807, 2.05) is 12.1 Å². The Morgan fingerprint density at radius 1 is 1.16 bits per heavy atom. The number of imide groups is 1. The number of nitrogens with zero attached hydrogens (tertiary/aromatic N) is 3. The second kappa shape index (κ2) is 8.48. The molecule has 2 aliphatic heterocycles. The van der Waals surface area contributed by atoms with Gasteiger partial charge in [-0.15, -0.1) is 0 Å². The maximum Gasteiger partial charge on any atom is 0.324 e. The van der Waals surface area contributed by atoms with E-state index in [1.54, 1.807) is 53.0 Å². The van der Waals surface area contributed by atoms with E-state index in [4.69, 9.17) is 4.74 Å². The highest BCUT2D eigenvalue weighted by Crippen LogP contribution is 2.34. The third-order valence-electron chi connectivity index (χ3n) is 5.78. The quantitative estimate of drug-likeness (QED) is 0.607. The van der Waals surface area contributed by atoms with Crippen LogP contribution in [0.5, 0.6) is 5.75 Å². The number of fused-ring (bicyclic) bond motifs is 4. The molecule has 0 radical (unpaired) electrons. The standard InChI is InChI=1S/C23H22N4O4/c1-31-19-7-5-15(6-8-19)9-17(11-24)22(29)25-23(30)26-12-16-10-18(14-26)20-3-2-4-21(28)27(20)13-16/h2-9,16,18H,10,12-14H2,1H3,(H,25,29,30)/b17-9-/t16?,18-/m1/s1. The Morgan fingerprint density at radius 2 is 1.94 bits per heavy atom. The number of carbonyl (C=O) groups is 2. The van der Waals surface area contributed by atoms with Gasteiger partial charge in [0.15, 0.2) is 0 Å². The predicted molar refractivity (Wildman–Crippen MR) is 113 cm³/mol. The first kappa shape index (κ1) is 20.4. The molecule has 3 amide bonds. The fourth-order valence-corrected chi connectivity index (χ4v) is 4.32. The lowest BCUT2D eigenvalue weighted by Crippen LogP contribution is -2.52. The summed E-state index contributed by atoms with van der Waals surface area (Å²) >= 11 is 0. The van der Waals surface area contributed by atoms with E-state index in [9.17, 15) is 19.6 Å². The summed E-state index contributed by atoms with van der Waals surface area (Å²) in [4.78, 5) is 39.0. The van der Waals surface area contributed by atoms with Gasteiger partial charge in [-0.25, -0.2) is 4.79 Å².